The summed E-state index contributed by atoms with van der Waals surface area (Å²) in [5.41, 5.74) is -1.64. The second kappa shape index (κ2) is 11.5. The van der Waals surface area contributed by atoms with Crippen molar-refractivity contribution in [3.05, 3.63) is 23.8 Å². The maximum Gasteiger partial charge on any atom is 0.364 e. The van der Waals surface area contributed by atoms with Crippen LogP contribution in [0.2, 0.25) is 0 Å². The summed E-state index contributed by atoms with van der Waals surface area (Å²) >= 11 is 0. The minimum atomic E-state index is -2.04. The smallest absolute Gasteiger partial charge is 0.364 e. The Labute approximate surface area is 182 Å². The van der Waals surface area contributed by atoms with Gasteiger partial charge in [0.1, 0.15) is 0 Å². The number of nitrogens with one attached hydrogen (secondary N) is 1. The molecule has 0 aliphatic rings. The molecule has 0 bridgehead atoms. The van der Waals surface area contributed by atoms with Crippen molar-refractivity contribution in [2.45, 2.75) is 72.6 Å². The van der Waals surface area contributed by atoms with Crippen molar-refractivity contribution < 1.29 is 38.5 Å². The molecular formula is C22H31NO8. The van der Waals surface area contributed by atoms with Gasteiger partial charge in [0.15, 0.2) is 11.5 Å². The second-order valence-corrected chi connectivity index (χ2v) is 7.46. The van der Waals surface area contributed by atoms with Crippen LogP contribution in [-0.4, -0.2) is 40.8 Å². The van der Waals surface area contributed by atoms with Crippen molar-refractivity contribution in [1.29, 1.82) is 0 Å². The lowest BCUT2D eigenvalue weighted by Crippen LogP contribution is -2.60. The van der Waals surface area contributed by atoms with Gasteiger partial charge >= 0.3 is 23.9 Å². The predicted molar refractivity (Wildman–Crippen MR) is 112 cm³/mol. The largest absolute Gasteiger partial charge is 0.477 e. The summed E-state index contributed by atoms with van der Waals surface area (Å²) in [6.45, 7) is 9.49. The van der Waals surface area contributed by atoms with E-state index in [9.17, 15) is 24.3 Å². The number of aliphatic carboxylic acids is 1. The first kappa shape index (κ1) is 26.1. The average Bonchev–Trinajstić information content (AvgIpc) is 2.68. The quantitative estimate of drug-likeness (QED) is 0.305. The minimum Gasteiger partial charge on any atom is -0.477 e. The number of rotatable bonds is 11. The number of benzene rings is 1. The molecule has 2 unspecified atom stereocenters. The van der Waals surface area contributed by atoms with Gasteiger partial charge in [0.05, 0.1) is 5.92 Å². The van der Waals surface area contributed by atoms with Crippen LogP contribution in [0.15, 0.2) is 18.2 Å². The number of hydrogen-bond acceptors (Lipinski definition) is 8. The summed E-state index contributed by atoms with van der Waals surface area (Å²) in [7, 11) is 0. The Hall–Kier alpha value is -2.94. The lowest BCUT2D eigenvalue weighted by atomic mass is 9.99. The number of ether oxygens (including phenoxy) is 3. The van der Waals surface area contributed by atoms with Gasteiger partial charge in [-0.05, 0) is 37.5 Å². The van der Waals surface area contributed by atoms with Crippen LogP contribution >= 0.6 is 0 Å². The molecule has 0 amide bonds. The molecule has 1 aromatic carbocycles. The van der Waals surface area contributed by atoms with Crippen LogP contribution in [0.25, 0.3) is 0 Å². The molecule has 1 rings (SSSR count). The molecule has 0 saturated carbocycles. The van der Waals surface area contributed by atoms with E-state index in [0.29, 0.717) is 18.4 Å². The fourth-order valence-electron chi connectivity index (χ4n) is 2.66. The summed E-state index contributed by atoms with van der Waals surface area (Å²) < 4.78 is 15.6. The van der Waals surface area contributed by atoms with Crippen LogP contribution < -0.4 is 14.8 Å². The standard InChI is InChI=1S/C22H31NO8/c1-7-13(3)20(26)31-22(21(27)28,23-14(4)8-2)12-17-9-10-18(29-15(5)24)19(11-17)30-16(6)25/h9-11,13-14,23H,7-8,12H2,1-6H3,(H,27,28)/t13?,14?,22-/m0/s1. The Balaban J connectivity index is 3.42. The Bertz CT molecular complexity index is 822. The van der Waals surface area contributed by atoms with Gasteiger partial charge in [0.2, 0.25) is 0 Å². The Kier molecular flexibility index (Phi) is 9.64. The zero-order valence-electron chi connectivity index (χ0n) is 18.8. The fourth-order valence-corrected chi connectivity index (χ4v) is 2.66. The van der Waals surface area contributed by atoms with E-state index in [1.807, 2.05) is 6.92 Å². The van der Waals surface area contributed by atoms with E-state index in [-0.39, 0.29) is 24.0 Å². The van der Waals surface area contributed by atoms with Crippen molar-refractivity contribution in [3.63, 3.8) is 0 Å². The van der Waals surface area contributed by atoms with E-state index < -0.39 is 35.5 Å². The number of carboxylic acids is 1. The molecule has 0 aliphatic carbocycles. The molecule has 0 radical (unpaired) electrons. The van der Waals surface area contributed by atoms with Crippen molar-refractivity contribution in [1.82, 2.24) is 5.32 Å². The van der Waals surface area contributed by atoms with Crippen molar-refractivity contribution >= 4 is 23.9 Å². The lowest BCUT2D eigenvalue weighted by Gasteiger charge is -2.34. The highest BCUT2D eigenvalue weighted by molar-refractivity contribution is 5.83. The Morgan fingerprint density at radius 1 is 1.00 bits per heavy atom. The molecule has 0 saturated heterocycles. The Morgan fingerprint density at radius 2 is 1.58 bits per heavy atom. The van der Waals surface area contributed by atoms with Gasteiger partial charge in [-0.1, -0.05) is 26.8 Å². The second-order valence-electron chi connectivity index (χ2n) is 7.46. The molecule has 31 heavy (non-hydrogen) atoms. The normalized spacial score (nSPS) is 14.6. The molecule has 0 aromatic heterocycles. The third kappa shape index (κ3) is 7.67. The van der Waals surface area contributed by atoms with Gasteiger partial charge in [0, 0.05) is 26.3 Å². The zero-order chi connectivity index (χ0) is 23.8. The SMILES string of the molecule is CCC(C)N[C@@](Cc1ccc(OC(C)=O)c(OC(C)=O)c1)(OC(=O)C(C)CC)C(=O)O. The van der Waals surface area contributed by atoms with Crippen molar-refractivity contribution in [3.8, 4) is 11.5 Å². The summed E-state index contributed by atoms with van der Waals surface area (Å²) in [5.74, 6) is -3.77. The molecule has 0 spiro atoms. The van der Waals surface area contributed by atoms with E-state index in [1.165, 1.54) is 32.0 Å². The van der Waals surface area contributed by atoms with Gasteiger partial charge < -0.3 is 19.3 Å². The number of hydrogen-bond donors (Lipinski definition) is 2. The van der Waals surface area contributed by atoms with Crippen LogP contribution in [-0.2, 0) is 30.3 Å². The first-order chi connectivity index (χ1) is 14.4. The third-order valence-corrected chi connectivity index (χ3v) is 4.70. The zero-order valence-corrected chi connectivity index (χ0v) is 18.8. The van der Waals surface area contributed by atoms with E-state index in [0.717, 1.165) is 0 Å². The first-order valence-electron chi connectivity index (χ1n) is 10.2. The van der Waals surface area contributed by atoms with Gasteiger partial charge in [-0.3, -0.25) is 19.7 Å². The predicted octanol–water partition coefficient (Wildman–Crippen LogP) is 2.84. The Morgan fingerprint density at radius 3 is 2.06 bits per heavy atom. The maximum absolute atomic E-state index is 12.5. The van der Waals surface area contributed by atoms with Crippen LogP contribution in [0.4, 0.5) is 0 Å². The van der Waals surface area contributed by atoms with Crippen molar-refractivity contribution in [2.24, 2.45) is 5.92 Å². The fraction of sp³-hybridized carbons (Fsp3) is 0.545. The van der Waals surface area contributed by atoms with Crippen LogP contribution in [0.3, 0.4) is 0 Å². The average molecular weight is 437 g/mol. The summed E-state index contributed by atoms with van der Waals surface area (Å²) in [4.78, 5) is 47.6. The van der Waals surface area contributed by atoms with Crippen LogP contribution in [0.1, 0.15) is 59.9 Å². The molecule has 1 aromatic rings. The molecular weight excluding hydrogens is 406 g/mol. The van der Waals surface area contributed by atoms with Crippen LogP contribution in [0.5, 0.6) is 11.5 Å². The van der Waals surface area contributed by atoms with Gasteiger partial charge in [-0.15, -0.1) is 0 Å². The first-order valence-corrected chi connectivity index (χ1v) is 10.2. The van der Waals surface area contributed by atoms with E-state index in [2.05, 4.69) is 5.32 Å². The highest BCUT2D eigenvalue weighted by Gasteiger charge is 2.44. The number of carbonyl (C=O) groups is 4. The highest BCUT2D eigenvalue weighted by Crippen LogP contribution is 2.31. The molecule has 172 valence electrons. The molecule has 2 N–H and O–H groups in total. The van der Waals surface area contributed by atoms with Crippen LogP contribution in [0, 0.1) is 5.92 Å². The van der Waals surface area contributed by atoms with E-state index in [4.69, 9.17) is 14.2 Å². The number of carboxylic acid groups (broad SMARTS) is 1. The van der Waals surface area contributed by atoms with Crippen molar-refractivity contribution in [2.75, 3.05) is 0 Å². The third-order valence-electron chi connectivity index (χ3n) is 4.70. The number of carbonyl (C=O) groups excluding carboxylic acids is 3. The molecule has 0 fully saturated rings. The minimum absolute atomic E-state index is 0.0128. The monoisotopic (exact) mass is 437 g/mol. The highest BCUT2D eigenvalue weighted by atomic mass is 16.6. The molecule has 9 heteroatoms. The van der Waals surface area contributed by atoms with Gasteiger partial charge in [-0.25, -0.2) is 4.79 Å². The molecule has 0 heterocycles. The summed E-state index contributed by atoms with van der Waals surface area (Å²) in [6.07, 6.45) is 0.842. The lowest BCUT2D eigenvalue weighted by molar-refractivity contribution is -0.187. The van der Waals surface area contributed by atoms with E-state index in [1.54, 1.807) is 20.8 Å². The maximum atomic E-state index is 12.5. The topological polar surface area (TPSA) is 128 Å². The van der Waals surface area contributed by atoms with Gasteiger partial charge in [-0.2, -0.15) is 0 Å². The van der Waals surface area contributed by atoms with E-state index >= 15 is 0 Å². The molecule has 0 aliphatic heterocycles. The molecule has 9 nitrogen and oxygen atoms in total. The number of esters is 3. The summed E-state index contributed by atoms with van der Waals surface area (Å²) in [5, 5.41) is 12.9. The molecule has 3 atom stereocenters. The summed E-state index contributed by atoms with van der Waals surface area (Å²) in [6, 6.07) is 4.01. The van der Waals surface area contributed by atoms with Gasteiger partial charge in [0.25, 0.3) is 5.72 Å².